The number of nitrogens with zero attached hydrogens (tertiary/aromatic N) is 1. The minimum absolute atomic E-state index is 0.0592. The van der Waals surface area contributed by atoms with Crippen molar-refractivity contribution in [2.75, 3.05) is 13.1 Å². The van der Waals surface area contributed by atoms with Gasteiger partial charge < -0.3 is 20.3 Å². The standard InChI is InChI=1S/C31H45Cl2N3O6/c1-4-5-13-22(26(38)28(40)34-17-14-23(37)42-30(3)15-9-10-16-30)35-27(39)25-24-21(31(24,32)33)18-36(25)29(41)19(2)20-11-7-6-8-12-20/h4,19-22,24-25H,1,5-18H2,2-3H3,(H,34,40)(H,35,39)/t19-,21-,22?,24-,25-/m0/s1. The molecule has 0 spiro atoms. The normalized spacial score (nSPS) is 27.3. The van der Waals surface area contributed by atoms with Crippen molar-refractivity contribution in [1.82, 2.24) is 15.5 Å². The van der Waals surface area contributed by atoms with Crippen LogP contribution in [0.1, 0.15) is 90.9 Å². The van der Waals surface area contributed by atoms with E-state index in [2.05, 4.69) is 17.2 Å². The minimum Gasteiger partial charge on any atom is -0.459 e. The lowest BCUT2D eigenvalue weighted by Gasteiger charge is -2.35. The second-order valence-corrected chi connectivity index (χ2v) is 14.3. The van der Waals surface area contributed by atoms with Crippen molar-refractivity contribution in [2.45, 2.75) is 113 Å². The number of piperidine rings is 1. The van der Waals surface area contributed by atoms with Crippen LogP contribution in [0.25, 0.3) is 0 Å². The largest absolute Gasteiger partial charge is 0.459 e. The van der Waals surface area contributed by atoms with E-state index in [-0.39, 0.29) is 49.6 Å². The van der Waals surface area contributed by atoms with E-state index in [1.165, 1.54) is 6.42 Å². The SMILES string of the molecule is C=CCCC(NC(=O)[C@@H]1[C@@H]2[C@H](CN1C(=O)[C@@H](C)C1CCCCC1)C2(Cl)Cl)C(=O)C(=O)NCCC(=O)OC1(C)CCCC1. The summed E-state index contributed by atoms with van der Waals surface area (Å²) in [5.41, 5.74) is -0.467. The summed E-state index contributed by atoms with van der Waals surface area (Å²) in [6, 6.07) is -2.05. The van der Waals surface area contributed by atoms with Gasteiger partial charge in [-0.05, 0) is 64.2 Å². The van der Waals surface area contributed by atoms with Gasteiger partial charge in [-0.2, -0.15) is 0 Å². The van der Waals surface area contributed by atoms with Gasteiger partial charge in [-0.15, -0.1) is 29.8 Å². The Morgan fingerprint density at radius 2 is 1.74 bits per heavy atom. The highest BCUT2D eigenvalue weighted by Gasteiger charge is 2.74. The van der Waals surface area contributed by atoms with Crippen LogP contribution in [0.3, 0.4) is 0 Å². The van der Waals surface area contributed by atoms with Crippen molar-refractivity contribution in [1.29, 1.82) is 0 Å². The van der Waals surface area contributed by atoms with Gasteiger partial charge in [-0.1, -0.05) is 32.3 Å². The average molecular weight is 627 g/mol. The summed E-state index contributed by atoms with van der Waals surface area (Å²) in [5.74, 6) is -3.43. The van der Waals surface area contributed by atoms with Gasteiger partial charge in [0.25, 0.3) is 5.91 Å². The molecule has 0 aromatic carbocycles. The number of fused-ring (bicyclic) bond motifs is 1. The Balaban J connectivity index is 1.36. The lowest BCUT2D eigenvalue weighted by atomic mass is 9.80. The number of amides is 3. The first-order valence-electron chi connectivity index (χ1n) is 15.5. The molecule has 4 fully saturated rings. The van der Waals surface area contributed by atoms with Crippen LogP contribution in [-0.4, -0.2) is 69.5 Å². The van der Waals surface area contributed by atoms with E-state index in [1.54, 1.807) is 11.0 Å². The van der Waals surface area contributed by atoms with Gasteiger partial charge in [0.1, 0.15) is 16.0 Å². The van der Waals surface area contributed by atoms with Crippen LogP contribution in [-0.2, 0) is 28.7 Å². The predicted octanol–water partition coefficient (Wildman–Crippen LogP) is 4.24. The zero-order chi connectivity index (χ0) is 30.7. The van der Waals surface area contributed by atoms with Gasteiger partial charge >= 0.3 is 5.97 Å². The molecule has 3 aliphatic carbocycles. The zero-order valence-corrected chi connectivity index (χ0v) is 26.3. The Labute approximate surface area is 258 Å². The highest BCUT2D eigenvalue weighted by atomic mass is 35.5. The summed E-state index contributed by atoms with van der Waals surface area (Å²) in [6.45, 7) is 7.74. The topological polar surface area (TPSA) is 122 Å². The molecule has 1 unspecified atom stereocenters. The number of nitrogens with one attached hydrogen (secondary N) is 2. The number of esters is 1. The van der Waals surface area contributed by atoms with Gasteiger partial charge in [-0.3, -0.25) is 24.0 Å². The maximum atomic E-state index is 13.7. The number of carbonyl (C=O) groups excluding carboxylic acids is 5. The Morgan fingerprint density at radius 1 is 1.07 bits per heavy atom. The summed E-state index contributed by atoms with van der Waals surface area (Å²) in [6.07, 6.45) is 11.1. The van der Waals surface area contributed by atoms with E-state index in [9.17, 15) is 24.0 Å². The molecule has 2 N–H and O–H groups in total. The van der Waals surface area contributed by atoms with Crippen molar-refractivity contribution in [3.05, 3.63) is 12.7 Å². The predicted molar refractivity (Wildman–Crippen MR) is 160 cm³/mol. The van der Waals surface area contributed by atoms with Crippen molar-refractivity contribution in [2.24, 2.45) is 23.7 Å². The molecule has 9 nitrogen and oxygen atoms in total. The van der Waals surface area contributed by atoms with E-state index in [0.717, 1.165) is 51.4 Å². The molecule has 1 saturated heterocycles. The first-order chi connectivity index (χ1) is 19.9. The number of hydrogen-bond donors (Lipinski definition) is 2. The van der Waals surface area contributed by atoms with E-state index in [4.69, 9.17) is 27.9 Å². The number of allylic oxidation sites excluding steroid dienone is 1. The smallest absolute Gasteiger partial charge is 0.308 e. The number of rotatable bonds is 13. The quantitative estimate of drug-likeness (QED) is 0.137. The molecule has 3 amide bonds. The van der Waals surface area contributed by atoms with Crippen LogP contribution in [0.2, 0.25) is 0 Å². The fraction of sp³-hybridized carbons (Fsp3) is 0.774. The number of carbonyl (C=O) groups is 5. The van der Waals surface area contributed by atoms with E-state index >= 15 is 0 Å². The molecule has 0 bridgehead atoms. The maximum absolute atomic E-state index is 13.7. The Kier molecular flexibility index (Phi) is 10.7. The first-order valence-corrected chi connectivity index (χ1v) is 16.3. The monoisotopic (exact) mass is 625 g/mol. The number of ketones is 1. The molecular formula is C31H45Cl2N3O6. The van der Waals surface area contributed by atoms with Crippen molar-refractivity contribution < 1.29 is 28.7 Å². The Morgan fingerprint density at radius 3 is 2.38 bits per heavy atom. The van der Waals surface area contributed by atoms with Crippen molar-refractivity contribution >= 4 is 52.7 Å². The average Bonchev–Trinajstić information content (AvgIpc) is 3.32. The van der Waals surface area contributed by atoms with E-state index in [0.29, 0.717) is 6.42 Å². The minimum atomic E-state index is -1.13. The number of Topliss-reactive ketones (excluding diaryl/α,β-unsaturated/α-hetero) is 1. The summed E-state index contributed by atoms with van der Waals surface area (Å²) < 4.78 is 4.45. The summed E-state index contributed by atoms with van der Waals surface area (Å²) in [5, 5.41) is 5.21. The lowest BCUT2D eigenvalue weighted by molar-refractivity contribution is -0.157. The Hall–Kier alpha value is -2.13. The molecule has 0 aromatic heterocycles. The van der Waals surface area contributed by atoms with Crippen LogP contribution in [0.4, 0.5) is 0 Å². The number of hydrogen-bond acceptors (Lipinski definition) is 6. The molecule has 11 heteroatoms. The zero-order valence-electron chi connectivity index (χ0n) is 24.8. The first kappa shape index (κ1) is 32.8. The Bertz CT molecular complexity index is 1070. The van der Waals surface area contributed by atoms with Gasteiger partial charge in [0.15, 0.2) is 0 Å². The molecule has 0 radical (unpaired) electrons. The third-order valence-corrected chi connectivity index (χ3v) is 10.8. The highest BCUT2D eigenvalue weighted by molar-refractivity contribution is 6.51. The van der Waals surface area contributed by atoms with Gasteiger partial charge in [0.05, 0.1) is 12.5 Å². The summed E-state index contributed by atoms with van der Waals surface area (Å²) in [4.78, 5) is 67.1. The van der Waals surface area contributed by atoms with E-state index < -0.39 is 51.5 Å². The second-order valence-electron chi connectivity index (χ2n) is 12.9. The molecule has 42 heavy (non-hydrogen) atoms. The fourth-order valence-electron chi connectivity index (χ4n) is 7.12. The molecule has 5 atom stereocenters. The molecular weight excluding hydrogens is 581 g/mol. The van der Waals surface area contributed by atoms with Crippen molar-refractivity contribution in [3.8, 4) is 0 Å². The third-order valence-electron chi connectivity index (χ3n) is 9.78. The van der Waals surface area contributed by atoms with Gasteiger partial charge in [0, 0.05) is 30.8 Å². The van der Waals surface area contributed by atoms with Gasteiger partial charge in [0.2, 0.25) is 17.6 Å². The van der Waals surface area contributed by atoms with Crippen LogP contribution in [0.15, 0.2) is 12.7 Å². The molecule has 0 aromatic rings. The van der Waals surface area contributed by atoms with Crippen molar-refractivity contribution in [3.63, 3.8) is 0 Å². The third kappa shape index (κ3) is 7.32. The molecule has 1 aliphatic heterocycles. The molecule has 1 heterocycles. The summed E-state index contributed by atoms with van der Waals surface area (Å²) >= 11 is 13.0. The molecule has 4 aliphatic rings. The van der Waals surface area contributed by atoms with E-state index in [1.807, 2.05) is 13.8 Å². The van der Waals surface area contributed by atoms with Crippen LogP contribution in [0, 0.1) is 23.7 Å². The lowest BCUT2D eigenvalue weighted by Crippen LogP contribution is -2.56. The number of halogens is 2. The molecule has 3 saturated carbocycles. The number of alkyl halides is 2. The summed E-state index contributed by atoms with van der Waals surface area (Å²) in [7, 11) is 0. The number of ether oxygens (including phenoxy) is 1. The number of likely N-dealkylation sites (tertiary alicyclic amines) is 1. The maximum Gasteiger partial charge on any atom is 0.308 e. The van der Waals surface area contributed by atoms with Crippen LogP contribution < -0.4 is 10.6 Å². The second kappa shape index (κ2) is 13.7. The fourth-order valence-corrected chi connectivity index (χ4v) is 7.94. The van der Waals surface area contributed by atoms with Crippen LogP contribution in [0.5, 0.6) is 0 Å². The molecule has 4 rings (SSSR count). The van der Waals surface area contributed by atoms with Crippen LogP contribution >= 0.6 is 23.2 Å². The highest BCUT2D eigenvalue weighted by Crippen LogP contribution is 2.65. The van der Waals surface area contributed by atoms with Gasteiger partial charge in [-0.25, -0.2) is 0 Å². The molecule has 234 valence electrons.